The lowest BCUT2D eigenvalue weighted by Gasteiger charge is -2.24. The normalized spacial score (nSPS) is 13.5. The molecule has 0 radical (unpaired) electrons. The van der Waals surface area contributed by atoms with E-state index in [4.69, 9.17) is 4.74 Å². The molecule has 35 heavy (non-hydrogen) atoms. The summed E-state index contributed by atoms with van der Waals surface area (Å²) in [6, 6.07) is 21.0. The molecule has 0 atom stereocenters. The molecule has 1 fully saturated rings. The van der Waals surface area contributed by atoms with Gasteiger partial charge in [-0.3, -0.25) is 9.52 Å². The van der Waals surface area contributed by atoms with Gasteiger partial charge in [0.15, 0.2) is 0 Å². The third-order valence-electron chi connectivity index (χ3n) is 6.00. The summed E-state index contributed by atoms with van der Waals surface area (Å²) >= 11 is 0. The first kappa shape index (κ1) is 24.6. The number of para-hydroxylation sites is 1. The van der Waals surface area contributed by atoms with Crippen LogP contribution in [0.15, 0.2) is 77.7 Å². The number of amides is 1. The maximum absolute atomic E-state index is 13.2. The Hall–Kier alpha value is -3.52. The standard InChI is InChI=1S/C27H31N3O4S/c1-3-34-24-15-13-23(14-16-24)28-35(32,33)25-11-8-10-21(19-25)27(31)29(2)20-22-9-4-5-12-26(22)30-17-6-7-18-30/h4-5,8-16,19,28H,3,6-7,17-18,20H2,1-2H3. The van der Waals surface area contributed by atoms with Gasteiger partial charge < -0.3 is 14.5 Å². The van der Waals surface area contributed by atoms with Gasteiger partial charge >= 0.3 is 0 Å². The lowest BCUT2D eigenvalue weighted by molar-refractivity contribution is 0.0785. The number of anilines is 2. The van der Waals surface area contributed by atoms with Crippen molar-refractivity contribution in [2.24, 2.45) is 0 Å². The highest BCUT2D eigenvalue weighted by atomic mass is 32.2. The predicted molar refractivity (Wildman–Crippen MR) is 139 cm³/mol. The molecule has 1 amide bonds. The van der Waals surface area contributed by atoms with Crippen molar-refractivity contribution in [2.45, 2.75) is 31.2 Å². The Balaban J connectivity index is 1.48. The largest absolute Gasteiger partial charge is 0.494 e. The van der Waals surface area contributed by atoms with Crippen LogP contribution in [0.2, 0.25) is 0 Å². The van der Waals surface area contributed by atoms with E-state index in [0.717, 1.165) is 24.3 Å². The Kier molecular flexibility index (Phi) is 7.60. The minimum atomic E-state index is -3.87. The number of sulfonamides is 1. The quantitative estimate of drug-likeness (QED) is 0.465. The van der Waals surface area contributed by atoms with Crippen molar-refractivity contribution in [3.63, 3.8) is 0 Å². The molecule has 0 bridgehead atoms. The maximum Gasteiger partial charge on any atom is 0.261 e. The van der Waals surface area contributed by atoms with Crippen molar-refractivity contribution in [1.29, 1.82) is 0 Å². The number of nitrogens with one attached hydrogen (secondary N) is 1. The van der Waals surface area contributed by atoms with Gasteiger partial charge in [0.25, 0.3) is 15.9 Å². The second-order valence-electron chi connectivity index (χ2n) is 8.57. The molecule has 0 aliphatic carbocycles. The third-order valence-corrected chi connectivity index (χ3v) is 7.38. The molecular formula is C27H31N3O4S. The minimum absolute atomic E-state index is 0.0306. The van der Waals surface area contributed by atoms with Crippen LogP contribution in [0.25, 0.3) is 0 Å². The first-order valence-corrected chi connectivity index (χ1v) is 13.3. The first-order valence-electron chi connectivity index (χ1n) is 11.8. The molecule has 3 aromatic rings. The fraction of sp³-hybridized carbons (Fsp3) is 0.296. The van der Waals surface area contributed by atoms with Crippen molar-refractivity contribution in [2.75, 3.05) is 36.4 Å². The number of carbonyl (C=O) groups is 1. The fourth-order valence-electron chi connectivity index (χ4n) is 4.26. The number of benzene rings is 3. The third kappa shape index (κ3) is 5.95. The molecule has 4 rings (SSSR count). The molecule has 1 saturated heterocycles. The van der Waals surface area contributed by atoms with Gasteiger partial charge in [0.2, 0.25) is 0 Å². The van der Waals surface area contributed by atoms with Crippen LogP contribution in [0.3, 0.4) is 0 Å². The SMILES string of the molecule is CCOc1ccc(NS(=O)(=O)c2cccc(C(=O)N(C)Cc3ccccc3N3CCCC3)c2)cc1. The average Bonchev–Trinajstić information content (AvgIpc) is 3.40. The zero-order valence-corrected chi connectivity index (χ0v) is 20.9. The van der Waals surface area contributed by atoms with Gasteiger partial charge in [-0.2, -0.15) is 0 Å². The summed E-state index contributed by atoms with van der Waals surface area (Å²) in [7, 11) is -2.13. The van der Waals surface area contributed by atoms with E-state index < -0.39 is 10.0 Å². The van der Waals surface area contributed by atoms with Crippen LogP contribution in [0.1, 0.15) is 35.7 Å². The first-order chi connectivity index (χ1) is 16.9. The smallest absolute Gasteiger partial charge is 0.261 e. The van der Waals surface area contributed by atoms with Gasteiger partial charge in [-0.1, -0.05) is 24.3 Å². The van der Waals surface area contributed by atoms with Crippen LogP contribution in [0.4, 0.5) is 11.4 Å². The highest BCUT2D eigenvalue weighted by Gasteiger charge is 2.21. The number of rotatable bonds is 9. The Morgan fingerprint density at radius 1 is 1.00 bits per heavy atom. The van der Waals surface area contributed by atoms with Crippen molar-refractivity contribution in [3.8, 4) is 5.75 Å². The molecule has 7 nitrogen and oxygen atoms in total. The zero-order valence-electron chi connectivity index (χ0n) is 20.1. The van der Waals surface area contributed by atoms with Gasteiger partial charge in [0, 0.05) is 43.6 Å². The second kappa shape index (κ2) is 10.8. The number of hydrogen-bond donors (Lipinski definition) is 1. The van der Waals surface area contributed by atoms with E-state index in [0.29, 0.717) is 30.2 Å². The molecule has 3 aromatic carbocycles. The second-order valence-corrected chi connectivity index (χ2v) is 10.3. The summed E-state index contributed by atoms with van der Waals surface area (Å²) < 4.78 is 33.9. The van der Waals surface area contributed by atoms with Crippen molar-refractivity contribution >= 4 is 27.3 Å². The summed E-state index contributed by atoms with van der Waals surface area (Å²) in [5.74, 6) is 0.428. The van der Waals surface area contributed by atoms with E-state index in [1.165, 1.54) is 25.0 Å². The zero-order chi connectivity index (χ0) is 24.8. The van der Waals surface area contributed by atoms with Crippen molar-refractivity contribution < 1.29 is 17.9 Å². The van der Waals surface area contributed by atoms with Crippen LogP contribution < -0.4 is 14.4 Å². The lowest BCUT2D eigenvalue weighted by Crippen LogP contribution is -2.28. The molecule has 0 spiro atoms. The molecule has 0 unspecified atom stereocenters. The van der Waals surface area contributed by atoms with Crippen LogP contribution >= 0.6 is 0 Å². The lowest BCUT2D eigenvalue weighted by atomic mass is 10.1. The van der Waals surface area contributed by atoms with Crippen LogP contribution in [-0.4, -0.2) is 46.0 Å². The fourth-order valence-corrected chi connectivity index (χ4v) is 5.36. The van der Waals surface area contributed by atoms with E-state index in [-0.39, 0.29) is 10.8 Å². The van der Waals surface area contributed by atoms with Crippen LogP contribution in [0.5, 0.6) is 5.75 Å². The number of ether oxygens (including phenoxy) is 1. The minimum Gasteiger partial charge on any atom is -0.494 e. The van der Waals surface area contributed by atoms with E-state index >= 15 is 0 Å². The van der Waals surface area contributed by atoms with E-state index in [9.17, 15) is 13.2 Å². The average molecular weight is 494 g/mol. The van der Waals surface area contributed by atoms with Crippen molar-refractivity contribution in [1.82, 2.24) is 4.90 Å². The van der Waals surface area contributed by atoms with E-state index in [2.05, 4.69) is 15.7 Å². The predicted octanol–water partition coefficient (Wildman–Crippen LogP) is 4.76. The highest BCUT2D eigenvalue weighted by Crippen LogP contribution is 2.26. The Morgan fingerprint density at radius 2 is 1.71 bits per heavy atom. The Labute approximate surface area is 207 Å². The van der Waals surface area contributed by atoms with E-state index in [1.54, 1.807) is 48.3 Å². The summed E-state index contributed by atoms with van der Waals surface area (Å²) in [6.07, 6.45) is 2.35. The number of nitrogens with zero attached hydrogens (tertiary/aromatic N) is 2. The summed E-state index contributed by atoms with van der Waals surface area (Å²) in [4.78, 5) is 17.2. The molecule has 8 heteroatoms. The van der Waals surface area contributed by atoms with Gasteiger partial charge in [-0.25, -0.2) is 8.42 Å². The summed E-state index contributed by atoms with van der Waals surface area (Å²) in [6.45, 7) is 4.90. The molecule has 1 aliphatic rings. The highest BCUT2D eigenvalue weighted by molar-refractivity contribution is 7.92. The van der Waals surface area contributed by atoms with Crippen molar-refractivity contribution in [3.05, 3.63) is 83.9 Å². The van der Waals surface area contributed by atoms with Gasteiger partial charge in [-0.15, -0.1) is 0 Å². The molecule has 0 aromatic heterocycles. The van der Waals surface area contributed by atoms with Gasteiger partial charge in [0.05, 0.1) is 11.5 Å². The molecule has 1 heterocycles. The summed E-state index contributed by atoms with van der Waals surface area (Å²) in [5.41, 5.74) is 2.97. The molecule has 0 saturated carbocycles. The van der Waals surface area contributed by atoms with Gasteiger partial charge in [0.1, 0.15) is 5.75 Å². The molecule has 1 N–H and O–H groups in total. The van der Waals surface area contributed by atoms with E-state index in [1.807, 2.05) is 25.1 Å². The molecule has 1 aliphatic heterocycles. The maximum atomic E-state index is 13.2. The number of carbonyl (C=O) groups excluding carboxylic acids is 1. The van der Waals surface area contributed by atoms with Crippen LogP contribution in [0, 0.1) is 0 Å². The van der Waals surface area contributed by atoms with Crippen LogP contribution in [-0.2, 0) is 16.6 Å². The van der Waals surface area contributed by atoms with Gasteiger partial charge in [-0.05, 0) is 73.9 Å². The summed E-state index contributed by atoms with van der Waals surface area (Å²) in [5, 5.41) is 0. The number of hydrogen-bond acceptors (Lipinski definition) is 5. The monoisotopic (exact) mass is 493 g/mol. The Morgan fingerprint density at radius 3 is 2.43 bits per heavy atom. The molecular weight excluding hydrogens is 462 g/mol. The topological polar surface area (TPSA) is 78.9 Å². The Bertz CT molecular complexity index is 1270. The molecule has 184 valence electrons.